The number of ketones is 1. The summed E-state index contributed by atoms with van der Waals surface area (Å²) in [5.74, 6) is -0.0581. The normalized spacial score (nSPS) is 15.4. The highest BCUT2D eigenvalue weighted by molar-refractivity contribution is 5.98. The van der Waals surface area contributed by atoms with Gasteiger partial charge in [0.25, 0.3) is 0 Å². The number of aliphatic hydroxyl groups excluding tert-OH is 1. The van der Waals surface area contributed by atoms with E-state index < -0.39 is 17.8 Å². The number of benzene rings is 1. The molecular formula is C26H33F3O5. The standard InChI is InChI=1S/C26H33F3O5/c1-18(2)34-25(32)11-6-4-3-5-10-23-19(13-15-24(23)31)12-14-21(30)17-33-22-9-7-8-20(16-22)26(27,28)29/h3,5,7-9,16,18,21,30H,4,6,10-15,17H2,1-2H3/t21-/m1/s1. The lowest BCUT2D eigenvalue weighted by Gasteiger charge is -2.14. The zero-order chi connectivity index (χ0) is 25.1. The molecule has 34 heavy (non-hydrogen) atoms. The number of aliphatic hydroxyl groups is 1. The van der Waals surface area contributed by atoms with Crippen LogP contribution in [0, 0.1) is 0 Å². The molecule has 0 heterocycles. The van der Waals surface area contributed by atoms with Crippen LogP contribution in [0.25, 0.3) is 0 Å². The van der Waals surface area contributed by atoms with Crippen LogP contribution in [0.3, 0.4) is 0 Å². The summed E-state index contributed by atoms with van der Waals surface area (Å²) >= 11 is 0. The van der Waals surface area contributed by atoms with Crippen molar-refractivity contribution in [1.29, 1.82) is 0 Å². The number of rotatable bonds is 13. The first-order valence-corrected chi connectivity index (χ1v) is 11.6. The minimum Gasteiger partial charge on any atom is -0.491 e. The Bertz CT molecular complexity index is 887. The molecular weight excluding hydrogens is 449 g/mol. The Labute approximate surface area is 198 Å². The van der Waals surface area contributed by atoms with Gasteiger partial charge in [0, 0.05) is 12.8 Å². The second-order valence-corrected chi connectivity index (χ2v) is 8.64. The van der Waals surface area contributed by atoms with Gasteiger partial charge in [-0.2, -0.15) is 13.2 Å². The first-order valence-electron chi connectivity index (χ1n) is 11.6. The Morgan fingerprint density at radius 2 is 1.97 bits per heavy atom. The summed E-state index contributed by atoms with van der Waals surface area (Å²) in [5, 5.41) is 10.2. The molecule has 0 aromatic heterocycles. The molecule has 5 nitrogen and oxygen atoms in total. The van der Waals surface area contributed by atoms with Crippen molar-refractivity contribution in [3.05, 3.63) is 53.1 Å². The number of ether oxygens (including phenoxy) is 2. The fourth-order valence-corrected chi connectivity index (χ4v) is 3.68. The number of alkyl halides is 3. The average molecular weight is 483 g/mol. The minimum absolute atomic E-state index is 0.0485. The van der Waals surface area contributed by atoms with Gasteiger partial charge in [0.2, 0.25) is 0 Å². The van der Waals surface area contributed by atoms with Crippen LogP contribution >= 0.6 is 0 Å². The minimum atomic E-state index is -4.45. The van der Waals surface area contributed by atoms with Gasteiger partial charge in [0.1, 0.15) is 12.4 Å². The molecule has 0 saturated heterocycles. The number of carbonyl (C=O) groups is 2. The summed E-state index contributed by atoms with van der Waals surface area (Å²) < 4.78 is 48.8. The van der Waals surface area contributed by atoms with E-state index in [0.717, 1.165) is 29.7 Å². The summed E-state index contributed by atoms with van der Waals surface area (Å²) in [4.78, 5) is 23.7. The van der Waals surface area contributed by atoms with Crippen LogP contribution < -0.4 is 4.74 Å². The number of hydrogen-bond acceptors (Lipinski definition) is 5. The topological polar surface area (TPSA) is 72.8 Å². The van der Waals surface area contributed by atoms with Gasteiger partial charge in [0.15, 0.2) is 5.78 Å². The van der Waals surface area contributed by atoms with Gasteiger partial charge in [-0.25, -0.2) is 0 Å². The molecule has 1 aliphatic carbocycles. The maximum atomic E-state index is 12.8. The first kappa shape index (κ1) is 27.6. The molecule has 1 aromatic carbocycles. The van der Waals surface area contributed by atoms with E-state index in [9.17, 15) is 27.9 Å². The second kappa shape index (κ2) is 13.3. The van der Waals surface area contributed by atoms with Crippen LogP contribution in [-0.2, 0) is 20.5 Å². The van der Waals surface area contributed by atoms with Crippen LogP contribution in [0.1, 0.15) is 70.8 Å². The molecule has 0 saturated carbocycles. The predicted octanol–water partition coefficient (Wildman–Crippen LogP) is 5.95. The van der Waals surface area contributed by atoms with Crippen molar-refractivity contribution < 1.29 is 37.3 Å². The SMILES string of the molecule is CC(C)OC(=O)CCCC=CCC1=C(CC[C@@H](O)COc2cccc(C(F)(F)F)c2)CCC1=O. The lowest BCUT2D eigenvalue weighted by Crippen LogP contribution is -2.18. The van der Waals surface area contributed by atoms with Crippen molar-refractivity contribution in [1.82, 2.24) is 0 Å². The number of halogens is 3. The maximum absolute atomic E-state index is 12.8. The highest BCUT2D eigenvalue weighted by Gasteiger charge is 2.30. The molecule has 1 atom stereocenters. The third-order valence-corrected chi connectivity index (χ3v) is 5.41. The Kier molecular flexibility index (Phi) is 10.8. The Morgan fingerprint density at radius 3 is 2.68 bits per heavy atom. The predicted molar refractivity (Wildman–Crippen MR) is 122 cm³/mol. The molecule has 0 radical (unpaired) electrons. The second-order valence-electron chi connectivity index (χ2n) is 8.64. The molecule has 0 amide bonds. The molecule has 1 aliphatic rings. The third-order valence-electron chi connectivity index (χ3n) is 5.41. The zero-order valence-electron chi connectivity index (χ0n) is 19.7. The molecule has 1 N–H and O–H groups in total. The molecule has 0 spiro atoms. The van der Waals surface area contributed by atoms with E-state index in [1.165, 1.54) is 12.1 Å². The maximum Gasteiger partial charge on any atom is 0.416 e. The van der Waals surface area contributed by atoms with Gasteiger partial charge in [-0.05, 0) is 76.1 Å². The summed E-state index contributed by atoms with van der Waals surface area (Å²) in [6.45, 7) is 3.49. The Hall–Kier alpha value is -2.61. The number of carbonyl (C=O) groups excluding carboxylic acids is 2. The number of unbranched alkanes of at least 4 members (excludes halogenated alkanes) is 1. The molecule has 188 valence electrons. The van der Waals surface area contributed by atoms with Gasteiger partial charge >= 0.3 is 12.1 Å². The van der Waals surface area contributed by atoms with Gasteiger partial charge in [-0.3, -0.25) is 9.59 Å². The molecule has 1 aromatic rings. The first-order chi connectivity index (χ1) is 16.1. The van der Waals surface area contributed by atoms with Crippen LogP contribution in [0.15, 0.2) is 47.6 Å². The van der Waals surface area contributed by atoms with Gasteiger partial charge in [-0.1, -0.05) is 23.8 Å². The van der Waals surface area contributed by atoms with E-state index in [1.54, 1.807) is 0 Å². The van der Waals surface area contributed by atoms with Crippen LogP contribution in [0.4, 0.5) is 13.2 Å². The van der Waals surface area contributed by atoms with Gasteiger partial charge in [0.05, 0.1) is 17.8 Å². The number of esters is 1. The van der Waals surface area contributed by atoms with Crippen molar-refractivity contribution >= 4 is 11.8 Å². The van der Waals surface area contributed by atoms with Crippen LogP contribution in [0.5, 0.6) is 5.75 Å². The average Bonchev–Trinajstić information content (AvgIpc) is 3.11. The van der Waals surface area contributed by atoms with E-state index in [-0.39, 0.29) is 30.2 Å². The summed E-state index contributed by atoms with van der Waals surface area (Å²) in [5.41, 5.74) is 0.969. The number of hydrogen-bond donors (Lipinski definition) is 1. The van der Waals surface area contributed by atoms with Crippen molar-refractivity contribution in [3.63, 3.8) is 0 Å². The Morgan fingerprint density at radius 1 is 1.21 bits per heavy atom. The number of Topliss-reactive ketones (excluding diaryl/α,β-unsaturated/α-hetero) is 1. The van der Waals surface area contributed by atoms with E-state index in [4.69, 9.17) is 9.47 Å². The molecule has 0 fully saturated rings. The summed E-state index contributed by atoms with van der Waals surface area (Å²) in [6.07, 6.45) is 2.72. The fraction of sp³-hybridized carbons (Fsp3) is 0.538. The monoisotopic (exact) mass is 482 g/mol. The summed E-state index contributed by atoms with van der Waals surface area (Å²) in [6, 6.07) is 4.54. The highest BCUT2D eigenvalue weighted by Crippen LogP contribution is 2.32. The van der Waals surface area contributed by atoms with Gasteiger partial charge in [-0.15, -0.1) is 0 Å². The largest absolute Gasteiger partial charge is 0.491 e. The van der Waals surface area contributed by atoms with Crippen molar-refractivity contribution in [3.8, 4) is 5.75 Å². The van der Waals surface area contributed by atoms with E-state index in [2.05, 4.69) is 0 Å². The third kappa shape index (κ3) is 9.71. The molecule has 0 unspecified atom stereocenters. The molecule has 0 bridgehead atoms. The van der Waals surface area contributed by atoms with E-state index in [0.29, 0.717) is 44.9 Å². The lowest BCUT2D eigenvalue weighted by molar-refractivity contribution is -0.147. The van der Waals surface area contributed by atoms with Crippen molar-refractivity contribution in [2.24, 2.45) is 0 Å². The van der Waals surface area contributed by atoms with Gasteiger partial charge < -0.3 is 14.6 Å². The van der Waals surface area contributed by atoms with Crippen LogP contribution in [-0.4, -0.2) is 35.7 Å². The fourth-order valence-electron chi connectivity index (χ4n) is 3.68. The lowest BCUT2D eigenvalue weighted by atomic mass is 10.0. The smallest absolute Gasteiger partial charge is 0.416 e. The zero-order valence-corrected chi connectivity index (χ0v) is 19.7. The quantitative estimate of drug-likeness (QED) is 0.214. The molecule has 2 rings (SSSR count). The van der Waals surface area contributed by atoms with E-state index in [1.807, 2.05) is 26.0 Å². The highest BCUT2D eigenvalue weighted by atomic mass is 19.4. The van der Waals surface area contributed by atoms with Crippen molar-refractivity contribution in [2.75, 3.05) is 6.61 Å². The van der Waals surface area contributed by atoms with E-state index >= 15 is 0 Å². The van der Waals surface area contributed by atoms with Crippen LogP contribution in [0.2, 0.25) is 0 Å². The Balaban J connectivity index is 1.77. The molecule has 8 heteroatoms. The summed E-state index contributed by atoms with van der Waals surface area (Å²) in [7, 11) is 0. The molecule has 0 aliphatic heterocycles. The van der Waals surface area contributed by atoms with Crippen molar-refractivity contribution in [2.45, 2.75) is 83.6 Å². The number of allylic oxidation sites excluding steroid dienone is 4.